The zero-order valence-electron chi connectivity index (χ0n) is 10.3. The fourth-order valence-corrected chi connectivity index (χ4v) is 4.19. The SMILES string of the molecule is CC1CC1CNS(=O)(=O)c1c(NN)nc2sccn12. The predicted molar refractivity (Wildman–Crippen MR) is 73.3 cm³/mol. The second kappa shape index (κ2) is 4.44. The summed E-state index contributed by atoms with van der Waals surface area (Å²) in [6.45, 7) is 2.58. The lowest BCUT2D eigenvalue weighted by molar-refractivity contribution is 0.570. The fourth-order valence-electron chi connectivity index (χ4n) is 2.08. The summed E-state index contributed by atoms with van der Waals surface area (Å²) in [4.78, 5) is 4.73. The Morgan fingerprint density at radius 2 is 2.37 bits per heavy atom. The monoisotopic (exact) mass is 301 g/mol. The molecule has 0 amide bonds. The minimum Gasteiger partial charge on any atom is -0.306 e. The van der Waals surface area contributed by atoms with Gasteiger partial charge in [0.15, 0.2) is 10.8 Å². The minimum atomic E-state index is -3.62. The molecule has 0 aliphatic heterocycles. The summed E-state index contributed by atoms with van der Waals surface area (Å²) >= 11 is 1.35. The Morgan fingerprint density at radius 3 is 3.00 bits per heavy atom. The van der Waals surface area contributed by atoms with Crippen LogP contribution in [0.25, 0.3) is 4.96 Å². The van der Waals surface area contributed by atoms with Crippen molar-refractivity contribution in [3.63, 3.8) is 0 Å². The van der Waals surface area contributed by atoms with Gasteiger partial charge in [0.05, 0.1) is 0 Å². The third-order valence-electron chi connectivity index (χ3n) is 3.42. The van der Waals surface area contributed by atoms with Gasteiger partial charge in [0, 0.05) is 18.1 Å². The molecule has 0 aromatic carbocycles. The van der Waals surface area contributed by atoms with Gasteiger partial charge in [-0.15, -0.1) is 11.3 Å². The molecule has 2 aromatic rings. The largest absolute Gasteiger partial charge is 0.306 e. The summed E-state index contributed by atoms with van der Waals surface area (Å²) in [7, 11) is -3.62. The zero-order chi connectivity index (χ0) is 13.6. The highest BCUT2D eigenvalue weighted by Crippen LogP contribution is 2.37. The molecule has 1 fully saturated rings. The number of thiazole rings is 1. The molecule has 2 heterocycles. The van der Waals surface area contributed by atoms with Gasteiger partial charge in [-0.05, 0) is 18.3 Å². The molecule has 4 N–H and O–H groups in total. The summed E-state index contributed by atoms with van der Waals surface area (Å²) in [6, 6.07) is 0. The maximum atomic E-state index is 12.4. The van der Waals surface area contributed by atoms with Crippen LogP contribution < -0.4 is 16.0 Å². The van der Waals surface area contributed by atoms with Crippen molar-refractivity contribution in [3.05, 3.63) is 11.6 Å². The molecule has 7 nitrogen and oxygen atoms in total. The van der Waals surface area contributed by atoms with Gasteiger partial charge in [-0.2, -0.15) is 4.98 Å². The number of rotatable bonds is 5. The van der Waals surface area contributed by atoms with Crippen molar-refractivity contribution in [1.82, 2.24) is 14.1 Å². The number of nitrogen functional groups attached to an aromatic ring is 1. The van der Waals surface area contributed by atoms with E-state index < -0.39 is 10.0 Å². The number of hydrazine groups is 1. The second-order valence-electron chi connectivity index (χ2n) is 4.79. The normalized spacial score (nSPS) is 22.8. The molecule has 0 bridgehead atoms. The van der Waals surface area contributed by atoms with Crippen LogP contribution in [0.4, 0.5) is 5.82 Å². The van der Waals surface area contributed by atoms with Crippen LogP contribution in [-0.4, -0.2) is 24.3 Å². The Balaban J connectivity index is 1.94. The molecule has 1 aliphatic rings. The Bertz CT molecular complexity index is 705. The van der Waals surface area contributed by atoms with E-state index in [9.17, 15) is 8.42 Å². The summed E-state index contributed by atoms with van der Waals surface area (Å²) in [5.41, 5.74) is 2.34. The Hall–Kier alpha value is -1.16. The van der Waals surface area contributed by atoms with Crippen molar-refractivity contribution in [2.24, 2.45) is 17.7 Å². The number of hydrogen-bond donors (Lipinski definition) is 3. The van der Waals surface area contributed by atoms with Gasteiger partial charge in [0.1, 0.15) is 0 Å². The van der Waals surface area contributed by atoms with E-state index in [0.29, 0.717) is 23.3 Å². The Labute approximate surface area is 114 Å². The molecule has 104 valence electrons. The van der Waals surface area contributed by atoms with Crippen molar-refractivity contribution in [3.8, 4) is 0 Å². The topological polar surface area (TPSA) is 102 Å². The van der Waals surface area contributed by atoms with Crippen molar-refractivity contribution < 1.29 is 8.42 Å². The number of sulfonamides is 1. The molecule has 2 atom stereocenters. The fraction of sp³-hybridized carbons (Fsp3) is 0.500. The van der Waals surface area contributed by atoms with Crippen LogP contribution in [0.15, 0.2) is 16.6 Å². The molecule has 19 heavy (non-hydrogen) atoms. The van der Waals surface area contributed by atoms with E-state index in [1.807, 2.05) is 0 Å². The van der Waals surface area contributed by atoms with Gasteiger partial charge in [-0.25, -0.2) is 19.0 Å². The lowest BCUT2D eigenvalue weighted by atomic mass is 10.3. The summed E-state index contributed by atoms with van der Waals surface area (Å²) < 4.78 is 28.9. The van der Waals surface area contributed by atoms with E-state index in [2.05, 4.69) is 22.1 Å². The smallest absolute Gasteiger partial charge is 0.260 e. The number of aromatic nitrogens is 2. The predicted octanol–water partition coefficient (Wildman–Crippen LogP) is 0.616. The molecule has 0 spiro atoms. The lowest BCUT2D eigenvalue weighted by Gasteiger charge is -2.07. The first-order valence-electron chi connectivity index (χ1n) is 5.95. The van der Waals surface area contributed by atoms with Crippen molar-refractivity contribution >= 4 is 32.1 Å². The molecule has 3 rings (SSSR count). The van der Waals surface area contributed by atoms with Gasteiger partial charge < -0.3 is 5.43 Å². The number of imidazole rings is 1. The molecule has 2 aromatic heterocycles. The number of nitrogens with one attached hydrogen (secondary N) is 2. The molecule has 2 unspecified atom stereocenters. The van der Waals surface area contributed by atoms with Crippen molar-refractivity contribution in [2.45, 2.75) is 18.4 Å². The highest BCUT2D eigenvalue weighted by Gasteiger charge is 2.34. The van der Waals surface area contributed by atoms with Crippen LogP contribution in [0.2, 0.25) is 0 Å². The molecule has 1 saturated carbocycles. The van der Waals surface area contributed by atoms with E-state index in [4.69, 9.17) is 5.84 Å². The highest BCUT2D eigenvalue weighted by atomic mass is 32.2. The van der Waals surface area contributed by atoms with E-state index in [0.717, 1.165) is 6.42 Å². The van der Waals surface area contributed by atoms with Gasteiger partial charge in [0.2, 0.25) is 5.03 Å². The zero-order valence-corrected chi connectivity index (χ0v) is 12.0. The third kappa shape index (κ3) is 2.22. The Morgan fingerprint density at radius 1 is 1.63 bits per heavy atom. The number of nitrogens with two attached hydrogens (primary N) is 1. The first-order valence-corrected chi connectivity index (χ1v) is 8.31. The van der Waals surface area contributed by atoms with Crippen LogP contribution in [0.1, 0.15) is 13.3 Å². The summed E-state index contributed by atoms with van der Waals surface area (Å²) in [5.74, 6) is 6.56. The number of anilines is 1. The van der Waals surface area contributed by atoms with E-state index in [1.165, 1.54) is 15.7 Å². The third-order valence-corrected chi connectivity index (χ3v) is 5.62. The van der Waals surface area contributed by atoms with Crippen molar-refractivity contribution in [1.29, 1.82) is 0 Å². The van der Waals surface area contributed by atoms with Crippen LogP contribution in [-0.2, 0) is 10.0 Å². The quantitative estimate of drug-likeness (QED) is 0.555. The van der Waals surface area contributed by atoms with Crippen LogP contribution in [0, 0.1) is 11.8 Å². The van der Waals surface area contributed by atoms with Gasteiger partial charge in [-0.1, -0.05) is 6.92 Å². The van der Waals surface area contributed by atoms with Crippen molar-refractivity contribution in [2.75, 3.05) is 12.0 Å². The van der Waals surface area contributed by atoms with E-state index in [-0.39, 0.29) is 10.8 Å². The molecule has 9 heteroatoms. The molecular weight excluding hydrogens is 286 g/mol. The van der Waals surface area contributed by atoms with Gasteiger partial charge in [-0.3, -0.25) is 4.40 Å². The Kier molecular flexibility index (Phi) is 3.01. The standard InChI is InChI=1S/C10H15N5O2S2/c1-6-4-7(6)5-12-19(16,17)9-8(14-11)13-10-15(9)2-3-18-10/h2-3,6-7,12,14H,4-5,11H2,1H3. The lowest BCUT2D eigenvalue weighted by Crippen LogP contribution is -2.28. The average molecular weight is 301 g/mol. The van der Waals surface area contributed by atoms with Crippen LogP contribution in [0.5, 0.6) is 0 Å². The van der Waals surface area contributed by atoms with Gasteiger partial charge in [0.25, 0.3) is 10.0 Å². The number of nitrogens with zero attached hydrogens (tertiary/aromatic N) is 2. The van der Waals surface area contributed by atoms with E-state index >= 15 is 0 Å². The molecular formula is C10H15N5O2S2. The van der Waals surface area contributed by atoms with Crippen LogP contribution >= 0.6 is 11.3 Å². The van der Waals surface area contributed by atoms with E-state index in [1.54, 1.807) is 11.6 Å². The highest BCUT2D eigenvalue weighted by molar-refractivity contribution is 7.89. The second-order valence-corrected chi connectivity index (χ2v) is 7.35. The first-order chi connectivity index (χ1) is 9.03. The minimum absolute atomic E-state index is 0.0690. The maximum absolute atomic E-state index is 12.4. The first kappa shape index (κ1) is 12.9. The summed E-state index contributed by atoms with van der Waals surface area (Å²) in [6.07, 6.45) is 2.74. The molecule has 0 radical (unpaired) electrons. The molecule has 1 aliphatic carbocycles. The average Bonchev–Trinajstić information content (AvgIpc) is 2.76. The summed E-state index contributed by atoms with van der Waals surface area (Å²) in [5, 5.41) is 1.85. The maximum Gasteiger partial charge on any atom is 0.260 e. The van der Waals surface area contributed by atoms with Crippen LogP contribution in [0.3, 0.4) is 0 Å². The number of fused-ring (bicyclic) bond motifs is 1. The molecule has 0 saturated heterocycles. The number of hydrogen-bond acceptors (Lipinski definition) is 6. The van der Waals surface area contributed by atoms with Gasteiger partial charge >= 0.3 is 0 Å².